The van der Waals surface area contributed by atoms with Crippen molar-refractivity contribution in [3.05, 3.63) is 65.4 Å². The normalized spacial score (nSPS) is 17.0. The van der Waals surface area contributed by atoms with Gasteiger partial charge in [-0.1, -0.05) is 25.5 Å². The number of nitrogens with zero attached hydrogens (tertiary/aromatic N) is 4. The Balaban J connectivity index is 0.00000500. The van der Waals surface area contributed by atoms with Crippen molar-refractivity contribution in [2.45, 2.75) is 84.0 Å². The maximum Gasteiger partial charge on any atom is 0.416 e. The molecule has 2 aromatic carbocycles. The summed E-state index contributed by atoms with van der Waals surface area (Å²) in [7, 11) is 0. The first-order valence-electron chi connectivity index (χ1n) is 16.0. The van der Waals surface area contributed by atoms with E-state index in [1.807, 2.05) is 6.92 Å². The summed E-state index contributed by atoms with van der Waals surface area (Å²) in [6.07, 6.45) is 4.14. The van der Waals surface area contributed by atoms with E-state index in [4.69, 9.17) is 9.47 Å². The lowest BCUT2D eigenvalue weighted by Gasteiger charge is -2.39. The monoisotopic (exact) mass is 643 g/mol. The summed E-state index contributed by atoms with van der Waals surface area (Å²) in [6.45, 7) is 7.44. The average Bonchev–Trinajstić information content (AvgIpc) is 3.37. The molecule has 2 aliphatic heterocycles. The number of likely N-dealkylation sites (tertiary alicyclic amines) is 2. The van der Waals surface area contributed by atoms with Crippen LogP contribution in [0.1, 0.15) is 81.8 Å². The Kier molecular flexibility index (Phi) is 10.6. The zero-order valence-electron chi connectivity index (χ0n) is 26.6. The highest BCUT2D eigenvalue weighted by Crippen LogP contribution is 2.32. The minimum absolute atomic E-state index is 0. The first-order valence-corrected chi connectivity index (χ1v) is 16.0. The van der Waals surface area contributed by atoms with Gasteiger partial charge in [-0.25, -0.2) is 18.0 Å². The summed E-state index contributed by atoms with van der Waals surface area (Å²) >= 11 is 0. The second-order valence-electron chi connectivity index (χ2n) is 12.1. The molecule has 0 spiro atoms. The lowest BCUT2D eigenvalue weighted by molar-refractivity contribution is 0.0175. The van der Waals surface area contributed by atoms with Crippen LogP contribution in [0.2, 0.25) is 0 Å². The molecule has 9 nitrogen and oxygen atoms in total. The second-order valence-corrected chi connectivity index (χ2v) is 12.1. The molecular formula is C34H44F3N5O4. The van der Waals surface area contributed by atoms with Crippen molar-refractivity contribution in [2.24, 2.45) is 0 Å². The molecule has 0 bridgehead atoms. The Bertz CT molecular complexity index is 1500. The Morgan fingerprint density at radius 1 is 1.07 bits per heavy atom. The van der Waals surface area contributed by atoms with Crippen LogP contribution in [-0.2, 0) is 5.92 Å². The summed E-state index contributed by atoms with van der Waals surface area (Å²) in [4.78, 5) is 31.3. The van der Waals surface area contributed by atoms with Gasteiger partial charge in [-0.2, -0.15) is 9.78 Å². The highest BCUT2D eigenvalue weighted by molar-refractivity contribution is 6.07. The number of aryl methyl sites for hydroxylation is 1. The van der Waals surface area contributed by atoms with Crippen LogP contribution < -0.4 is 14.8 Å². The van der Waals surface area contributed by atoms with Crippen molar-refractivity contribution in [2.75, 3.05) is 31.5 Å². The number of amides is 2. The Morgan fingerprint density at radius 2 is 1.76 bits per heavy atom. The van der Waals surface area contributed by atoms with Gasteiger partial charge in [0.2, 0.25) is 12.2 Å². The second kappa shape index (κ2) is 14.6. The van der Waals surface area contributed by atoms with Gasteiger partial charge >= 0.3 is 6.09 Å². The Morgan fingerprint density at radius 3 is 2.41 bits per heavy atom. The highest BCUT2D eigenvalue weighted by atomic mass is 19.3. The van der Waals surface area contributed by atoms with Crippen LogP contribution in [0.4, 0.5) is 23.7 Å². The van der Waals surface area contributed by atoms with Gasteiger partial charge < -0.3 is 24.6 Å². The molecule has 46 heavy (non-hydrogen) atoms. The van der Waals surface area contributed by atoms with E-state index in [1.54, 1.807) is 36.1 Å². The molecule has 0 aliphatic carbocycles. The molecule has 1 N–H and O–H groups in total. The van der Waals surface area contributed by atoms with Crippen LogP contribution in [0.5, 0.6) is 11.6 Å². The third-order valence-corrected chi connectivity index (χ3v) is 8.55. The molecule has 1 atom stereocenters. The van der Waals surface area contributed by atoms with Gasteiger partial charge in [-0.15, -0.1) is 0 Å². The maximum absolute atomic E-state index is 14.1. The molecular weight excluding hydrogens is 599 g/mol. The number of ether oxygens (including phenoxy) is 2. The molecule has 3 heterocycles. The number of halogens is 3. The van der Waals surface area contributed by atoms with Crippen LogP contribution >= 0.6 is 0 Å². The van der Waals surface area contributed by atoms with Crippen molar-refractivity contribution in [1.82, 2.24) is 19.6 Å². The molecule has 0 saturated carbocycles. The molecule has 12 heteroatoms. The zero-order chi connectivity index (χ0) is 32.8. The van der Waals surface area contributed by atoms with Crippen molar-refractivity contribution in [3.63, 3.8) is 0 Å². The fourth-order valence-electron chi connectivity index (χ4n) is 6.04. The number of rotatable bonds is 10. The molecule has 2 aliphatic rings. The highest BCUT2D eigenvalue weighted by Gasteiger charge is 2.32. The van der Waals surface area contributed by atoms with E-state index in [0.29, 0.717) is 37.0 Å². The van der Waals surface area contributed by atoms with Gasteiger partial charge in [0.15, 0.2) is 0 Å². The minimum Gasteiger partial charge on any atom is -0.460 e. The fraction of sp³-hybridized carbons (Fsp3) is 0.500. The molecule has 1 aromatic heterocycles. The predicted octanol–water partition coefficient (Wildman–Crippen LogP) is 7.71. The third kappa shape index (κ3) is 8.01. The summed E-state index contributed by atoms with van der Waals surface area (Å²) in [5.41, 5.74) is 0.585. The van der Waals surface area contributed by atoms with Crippen LogP contribution in [0.15, 0.2) is 48.5 Å². The zero-order valence-corrected chi connectivity index (χ0v) is 26.6. The first-order chi connectivity index (χ1) is 22.0. The smallest absolute Gasteiger partial charge is 0.416 e. The molecule has 2 amide bonds. The van der Waals surface area contributed by atoms with E-state index >= 15 is 0 Å². The number of nitrogens with one attached hydrogen (secondary N) is 1. The van der Waals surface area contributed by atoms with E-state index in [1.165, 1.54) is 48.2 Å². The van der Waals surface area contributed by atoms with E-state index in [0.717, 1.165) is 32.9 Å². The number of benzene rings is 2. The lowest BCUT2D eigenvalue weighted by atomic mass is 10.0. The molecule has 1 unspecified atom stereocenters. The summed E-state index contributed by atoms with van der Waals surface area (Å²) in [6, 6.07) is 12.2. The van der Waals surface area contributed by atoms with Gasteiger partial charge in [-0.3, -0.25) is 4.79 Å². The van der Waals surface area contributed by atoms with Crippen LogP contribution in [-0.4, -0.2) is 70.2 Å². The Labute approximate surface area is 269 Å². The van der Waals surface area contributed by atoms with E-state index < -0.39 is 24.3 Å². The van der Waals surface area contributed by atoms with Crippen LogP contribution in [0, 0.1) is 6.92 Å². The standard InChI is InChI=1S/C34H42F3N5O4.H2/c1-4-9-29(35)45-28-14-12-27(13-15-28)42-32(46-33(44)41-20-16-26(17-21-41)40-18-6-5-7-19-40)30(23(2)39-42)31(43)38-25-11-8-10-24(22-25)34(3,36)37;/h8,10-15,22,26,29H,4-7,9,16-21H2,1-3H3,(H,38,43);1H. The number of piperidine rings is 2. The van der Waals surface area contributed by atoms with E-state index in [2.05, 4.69) is 15.3 Å². The van der Waals surface area contributed by atoms with Crippen LogP contribution in [0.3, 0.4) is 0 Å². The fourth-order valence-corrected chi connectivity index (χ4v) is 6.04. The average molecular weight is 644 g/mol. The van der Waals surface area contributed by atoms with Gasteiger partial charge in [0.25, 0.3) is 11.8 Å². The van der Waals surface area contributed by atoms with Crippen molar-refractivity contribution in [1.29, 1.82) is 0 Å². The molecule has 2 fully saturated rings. The summed E-state index contributed by atoms with van der Waals surface area (Å²) in [5.74, 6) is -3.57. The van der Waals surface area contributed by atoms with Crippen LogP contribution in [0.25, 0.3) is 5.69 Å². The minimum atomic E-state index is -3.10. The van der Waals surface area contributed by atoms with Gasteiger partial charge in [0.05, 0.1) is 11.4 Å². The number of hydrogen-bond acceptors (Lipinski definition) is 6. The SMILES string of the molecule is CCCC(F)Oc1ccc(-n2nc(C)c(C(=O)Nc3cccc(C(C)(F)F)c3)c2OC(=O)N2CCC(N3CCCCC3)CC2)cc1.[HH]. The number of alkyl halides is 3. The quantitative estimate of drug-likeness (QED) is 0.244. The number of aromatic nitrogens is 2. The van der Waals surface area contributed by atoms with Crippen molar-refractivity contribution >= 4 is 17.7 Å². The summed E-state index contributed by atoms with van der Waals surface area (Å²) < 4.78 is 54.6. The lowest BCUT2D eigenvalue weighted by Crippen LogP contribution is -2.48. The topological polar surface area (TPSA) is 88.9 Å². The maximum atomic E-state index is 14.1. The van der Waals surface area contributed by atoms with E-state index in [-0.39, 0.29) is 36.2 Å². The third-order valence-electron chi connectivity index (χ3n) is 8.55. The summed E-state index contributed by atoms with van der Waals surface area (Å²) in [5, 5.41) is 7.17. The van der Waals surface area contributed by atoms with Crippen molar-refractivity contribution < 1.29 is 33.7 Å². The molecule has 250 valence electrons. The first kappa shape index (κ1) is 33.3. The number of carbonyl (C=O) groups excluding carboxylic acids is 2. The van der Waals surface area contributed by atoms with Crippen molar-refractivity contribution in [3.8, 4) is 17.3 Å². The Hall–Kier alpha value is -4.06. The molecule has 2 saturated heterocycles. The predicted molar refractivity (Wildman–Crippen MR) is 171 cm³/mol. The number of anilines is 1. The van der Waals surface area contributed by atoms with E-state index in [9.17, 15) is 22.8 Å². The molecule has 3 aromatic rings. The number of hydrogen-bond donors (Lipinski definition) is 1. The molecule has 0 radical (unpaired) electrons. The van der Waals surface area contributed by atoms with Gasteiger partial charge in [0.1, 0.15) is 11.3 Å². The largest absolute Gasteiger partial charge is 0.460 e. The van der Waals surface area contributed by atoms with Gasteiger partial charge in [0, 0.05) is 45.2 Å². The van der Waals surface area contributed by atoms with Gasteiger partial charge in [-0.05, 0) is 88.5 Å². The number of carbonyl (C=O) groups is 2. The molecule has 5 rings (SSSR count).